The van der Waals surface area contributed by atoms with Crippen LogP contribution in [-0.2, 0) is 11.2 Å². The highest BCUT2D eigenvalue weighted by atomic mass is 35.5. The SMILES string of the molecule is Cl.O=C(NCCc1csc2ccccc12)C1CC(F)(F)CN1. The van der Waals surface area contributed by atoms with Crippen LogP contribution in [0.5, 0.6) is 0 Å². The first-order chi connectivity index (χ1) is 10.1. The zero-order valence-electron chi connectivity index (χ0n) is 11.8. The van der Waals surface area contributed by atoms with Gasteiger partial charge in [-0.3, -0.25) is 10.1 Å². The average Bonchev–Trinajstić information content (AvgIpc) is 3.03. The predicted molar refractivity (Wildman–Crippen MR) is 87.1 cm³/mol. The van der Waals surface area contributed by atoms with Gasteiger partial charge >= 0.3 is 0 Å². The third-order valence-electron chi connectivity index (χ3n) is 3.68. The average molecular weight is 347 g/mol. The van der Waals surface area contributed by atoms with E-state index in [9.17, 15) is 13.6 Å². The van der Waals surface area contributed by atoms with Crippen LogP contribution in [0.4, 0.5) is 8.78 Å². The summed E-state index contributed by atoms with van der Waals surface area (Å²) in [4.78, 5) is 11.8. The van der Waals surface area contributed by atoms with Crippen molar-refractivity contribution in [2.45, 2.75) is 24.8 Å². The first-order valence-corrected chi connectivity index (χ1v) is 7.77. The van der Waals surface area contributed by atoms with Crippen molar-refractivity contribution in [3.8, 4) is 0 Å². The summed E-state index contributed by atoms with van der Waals surface area (Å²) < 4.78 is 27.3. The first-order valence-electron chi connectivity index (χ1n) is 6.89. The third-order valence-corrected chi connectivity index (χ3v) is 4.69. The molecule has 1 aliphatic heterocycles. The van der Waals surface area contributed by atoms with Gasteiger partial charge in [0.05, 0.1) is 12.6 Å². The molecule has 1 atom stereocenters. The van der Waals surface area contributed by atoms with E-state index in [4.69, 9.17) is 0 Å². The van der Waals surface area contributed by atoms with Crippen LogP contribution in [0.2, 0.25) is 0 Å². The standard InChI is InChI=1S/C15H16F2N2OS.ClH/c16-15(17)7-12(19-9-15)14(20)18-6-5-10-8-21-13-4-2-1-3-11(10)13;/h1-4,8,12,19H,5-7,9H2,(H,18,20);1H. The Labute approximate surface area is 137 Å². The number of hydrogen-bond acceptors (Lipinski definition) is 3. The number of carbonyl (C=O) groups is 1. The minimum absolute atomic E-state index is 0. The van der Waals surface area contributed by atoms with Gasteiger partial charge in [-0.2, -0.15) is 0 Å². The van der Waals surface area contributed by atoms with Crippen molar-refractivity contribution in [3.63, 3.8) is 0 Å². The molecule has 1 saturated heterocycles. The highest BCUT2D eigenvalue weighted by Gasteiger charge is 2.42. The van der Waals surface area contributed by atoms with Gasteiger partial charge in [0.1, 0.15) is 0 Å². The number of fused-ring (bicyclic) bond motifs is 1. The van der Waals surface area contributed by atoms with Crippen LogP contribution in [0.3, 0.4) is 0 Å². The fraction of sp³-hybridized carbons (Fsp3) is 0.400. The zero-order valence-corrected chi connectivity index (χ0v) is 13.4. The summed E-state index contributed by atoms with van der Waals surface area (Å²) in [6.07, 6.45) is 0.291. The molecule has 2 N–H and O–H groups in total. The van der Waals surface area contributed by atoms with E-state index >= 15 is 0 Å². The lowest BCUT2D eigenvalue weighted by atomic mass is 10.1. The summed E-state index contributed by atoms with van der Waals surface area (Å²) >= 11 is 1.67. The predicted octanol–water partition coefficient (Wildman–Crippen LogP) is 2.98. The number of thiophene rings is 1. The molecule has 1 aromatic carbocycles. The first kappa shape index (κ1) is 17.1. The number of amides is 1. The van der Waals surface area contributed by atoms with Crippen LogP contribution < -0.4 is 10.6 Å². The van der Waals surface area contributed by atoms with Crippen molar-refractivity contribution in [2.24, 2.45) is 0 Å². The molecule has 120 valence electrons. The molecule has 1 unspecified atom stereocenters. The van der Waals surface area contributed by atoms with Gasteiger partial charge in [-0.05, 0) is 28.8 Å². The minimum atomic E-state index is -2.77. The smallest absolute Gasteiger partial charge is 0.262 e. The maximum absolute atomic E-state index is 13.0. The second-order valence-corrected chi connectivity index (χ2v) is 6.20. The number of hydrogen-bond donors (Lipinski definition) is 2. The van der Waals surface area contributed by atoms with Crippen LogP contribution in [0.1, 0.15) is 12.0 Å². The molecule has 3 rings (SSSR count). The van der Waals surface area contributed by atoms with Gasteiger partial charge < -0.3 is 5.32 Å². The molecular formula is C15H17ClF2N2OS. The second kappa shape index (κ2) is 6.89. The Morgan fingerprint density at radius 3 is 2.91 bits per heavy atom. The molecule has 22 heavy (non-hydrogen) atoms. The number of alkyl halides is 2. The van der Waals surface area contributed by atoms with Gasteiger partial charge in [0, 0.05) is 17.7 Å². The lowest BCUT2D eigenvalue weighted by molar-refractivity contribution is -0.123. The van der Waals surface area contributed by atoms with Crippen LogP contribution in [0.15, 0.2) is 29.6 Å². The summed E-state index contributed by atoms with van der Waals surface area (Å²) in [5.41, 5.74) is 1.18. The third kappa shape index (κ3) is 3.74. The molecule has 1 aromatic heterocycles. The van der Waals surface area contributed by atoms with Crippen molar-refractivity contribution >= 4 is 39.7 Å². The second-order valence-electron chi connectivity index (χ2n) is 5.29. The van der Waals surface area contributed by atoms with E-state index in [1.165, 1.54) is 15.6 Å². The molecule has 0 radical (unpaired) electrons. The van der Waals surface area contributed by atoms with E-state index in [0.29, 0.717) is 13.0 Å². The molecule has 7 heteroatoms. The molecular weight excluding hydrogens is 330 g/mol. The summed E-state index contributed by atoms with van der Waals surface area (Å²) in [6.45, 7) is 0.0452. The molecule has 3 nitrogen and oxygen atoms in total. The van der Waals surface area contributed by atoms with Crippen molar-refractivity contribution in [2.75, 3.05) is 13.1 Å². The monoisotopic (exact) mass is 346 g/mol. The highest BCUT2D eigenvalue weighted by Crippen LogP contribution is 2.26. The van der Waals surface area contributed by atoms with Crippen molar-refractivity contribution in [1.29, 1.82) is 0 Å². The number of nitrogens with one attached hydrogen (secondary N) is 2. The molecule has 0 bridgehead atoms. The molecule has 1 aliphatic rings. The Kier molecular flexibility index (Phi) is 5.36. The zero-order chi connectivity index (χ0) is 14.9. The van der Waals surface area contributed by atoms with E-state index in [0.717, 1.165) is 0 Å². The van der Waals surface area contributed by atoms with E-state index in [1.807, 2.05) is 12.1 Å². The lowest BCUT2D eigenvalue weighted by Gasteiger charge is -2.11. The van der Waals surface area contributed by atoms with Crippen LogP contribution in [-0.4, -0.2) is 31.0 Å². The van der Waals surface area contributed by atoms with Crippen molar-refractivity contribution in [3.05, 3.63) is 35.2 Å². The van der Waals surface area contributed by atoms with E-state index in [-0.39, 0.29) is 18.3 Å². The summed E-state index contributed by atoms with van der Waals surface area (Å²) in [5.74, 6) is -3.11. The minimum Gasteiger partial charge on any atom is -0.354 e. The fourth-order valence-corrected chi connectivity index (χ4v) is 3.57. The molecule has 0 spiro atoms. The Bertz CT molecular complexity index is 662. The fourth-order valence-electron chi connectivity index (χ4n) is 2.57. The maximum Gasteiger partial charge on any atom is 0.262 e. The van der Waals surface area contributed by atoms with E-state index in [2.05, 4.69) is 28.1 Å². The molecule has 2 heterocycles. The quantitative estimate of drug-likeness (QED) is 0.893. The van der Waals surface area contributed by atoms with Crippen LogP contribution in [0, 0.1) is 0 Å². The molecule has 0 saturated carbocycles. The number of carbonyl (C=O) groups excluding carboxylic acids is 1. The summed E-state index contributed by atoms with van der Waals surface area (Å²) in [5, 5.41) is 8.57. The van der Waals surface area contributed by atoms with Crippen molar-refractivity contribution in [1.82, 2.24) is 10.6 Å². The van der Waals surface area contributed by atoms with Gasteiger partial charge in [-0.25, -0.2) is 8.78 Å². The van der Waals surface area contributed by atoms with Crippen LogP contribution in [0.25, 0.3) is 10.1 Å². The van der Waals surface area contributed by atoms with Crippen molar-refractivity contribution < 1.29 is 13.6 Å². The molecule has 2 aromatic rings. The number of rotatable bonds is 4. The van der Waals surface area contributed by atoms with Crippen LogP contribution >= 0.6 is 23.7 Å². The summed E-state index contributed by atoms with van der Waals surface area (Å²) in [7, 11) is 0. The maximum atomic E-state index is 13.0. The Hall–Kier alpha value is -1.24. The van der Waals surface area contributed by atoms with Gasteiger partial charge in [-0.1, -0.05) is 18.2 Å². The summed E-state index contributed by atoms with van der Waals surface area (Å²) in [6, 6.07) is 7.33. The normalized spacial score (nSPS) is 19.8. The largest absolute Gasteiger partial charge is 0.354 e. The Morgan fingerprint density at radius 2 is 2.18 bits per heavy atom. The van der Waals surface area contributed by atoms with Gasteiger partial charge in [0.2, 0.25) is 5.91 Å². The molecule has 1 fully saturated rings. The van der Waals surface area contributed by atoms with Gasteiger partial charge in [0.15, 0.2) is 0 Å². The lowest BCUT2D eigenvalue weighted by Crippen LogP contribution is -2.41. The van der Waals surface area contributed by atoms with E-state index < -0.39 is 24.9 Å². The molecule has 0 aliphatic carbocycles. The number of halogens is 3. The van der Waals surface area contributed by atoms with Gasteiger partial charge in [0.25, 0.3) is 5.92 Å². The topological polar surface area (TPSA) is 41.1 Å². The number of benzene rings is 1. The van der Waals surface area contributed by atoms with Gasteiger partial charge in [-0.15, -0.1) is 23.7 Å². The Balaban J connectivity index is 0.00000176. The molecule has 1 amide bonds. The highest BCUT2D eigenvalue weighted by molar-refractivity contribution is 7.17. The Morgan fingerprint density at radius 1 is 1.41 bits per heavy atom. The van der Waals surface area contributed by atoms with E-state index in [1.54, 1.807) is 11.3 Å².